The first-order valence-corrected chi connectivity index (χ1v) is 14.4. The highest BCUT2D eigenvalue weighted by molar-refractivity contribution is 7.90. The summed E-state index contributed by atoms with van der Waals surface area (Å²) in [6, 6.07) is 38.6. The maximum Gasteiger partial charge on any atom is 0.118 e. The third-order valence-corrected chi connectivity index (χ3v) is 13.4. The Bertz CT molecular complexity index is 1120. The van der Waals surface area contributed by atoms with Crippen LogP contribution in [0.15, 0.2) is 109 Å². The Labute approximate surface area is 216 Å². The molecule has 0 bridgehead atoms. The lowest BCUT2D eigenvalue weighted by atomic mass is 9.87. The van der Waals surface area contributed by atoms with Crippen molar-refractivity contribution < 1.29 is 9.47 Å². The molecule has 0 aliphatic rings. The van der Waals surface area contributed by atoms with Gasteiger partial charge in [-0.3, -0.25) is 0 Å². The first-order chi connectivity index (χ1) is 17.0. The molecule has 0 radical (unpaired) electrons. The maximum absolute atomic E-state index is 6.78. The van der Waals surface area contributed by atoms with Crippen molar-refractivity contribution in [1.29, 1.82) is 0 Å². The van der Waals surface area contributed by atoms with Gasteiger partial charge in [0.25, 0.3) is 0 Å². The molecule has 4 rings (SSSR count). The Hall–Kier alpha value is -2.74. The Kier molecular flexibility index (Phi) is 7.89. The monoisotopic (exact) mass is 500 g/mol. The molecule has 0 fully saturated rings. The predicted molar refractivity (Wildman–Crippen MR) is 153 cm³/mol. The fourth-order valence-electron chi connectivity index (χ4n) is 5.26. The van der Waals surface area contributed by atoms with Gasteiger partial charge in [-0.05, 0) is 62.4 Å². The van der Waals surface area contributed by atoms with E-state index >= 15 is 0 Å². The summed E-state index contributed by atoms with van der Waals surface area (Å²) >= 11 is 6.78. The molecular weight excluding hydrogens is 467 g/mol. The van der Waals surface area contributed by atoms with Crippen molar-refractivity contribution in [2.24, 2.45) is 0 Å². The van der Waals surface area contributed by atoms with E-state index in [2.05, 4.69) is 98.8 Å². The Balaban J connectivity index is 2.00. The van der Waals surface area contributed by atoms with Crippen LogP contribution in [0.2, 0.25) is 0 Å². The first kappa shape index (κ1) is 25.4. The molecule has 4 aromatic carbocycles. The van der Waals surface area contributed by atoms with Gasteiger partial charge in [-0.15, -0.1) is 0 Å². The highest BCUT2D eigenvalue weighted by Crippen LogP contribution is 2.66. The molecule has 35 heavy (non-hydrogen) atoms. The lowest BCUT2D eigenvalue weighted by molar-refractivity contribution is 0.414. The SMILES string of the molecule is CC[P+](c1ccccc1)(c1ccccc1)C(C)C([S-])(c1ccc(OC)cc1)c1ccc(OC)cc1. The molecule has 0 spiro atoms. The highest BCUT2D eigenvalue weighted by Gasteiger charge is 2.51. The molecule has 1 atom stereocenters. The molecule has 2 nitrogen and oxygen atoms in total. The van der Waals surface area contributed by atoms with Crippen LogP contribution in [-0.4, -0.2) is 26.0 Å². The highest BCUT2D eigenvalue weighted by atomic mass is 32.1. The summed E-state index contributed by atoms with van der Waals surface area (Å²) in [4.78, 5) is 0. The average Bonchev–Trinajstić information content (AvgIpc) is 2.94. The molecule has 0 saturated carbocycles. The number of hydrogen-bond donors (Lipinski definition) is 0. The van der Waals surface area contributed by atoms with Crippen molar-refractivity contribution >= 4 is 30.5 Å². The van der Waals surface area contributed by atoms with Crippen molar-refractivity contribution in [2.45, 2.75) is 24.3 Å². The molecule has 0 amide bonds. The smallest absolute Gasteiger partial charge is 0.118 e. The van der Waals surface area contributed by atoms with Crippen LogP contribution in [0.5, 0.6) is 11.5 Å². The number of benzene rings is 4. The second kappa shape index (κ2) is 10.9. The summed E-state index contributed by atoms with van der Waals surface area (Å²) in [6.07, 6.45) is 1.02. The van der Waals surface area contributed by atoms with Crippen molar-refractivity contribution in [3.05, 3.63) is 120 Å². The zero-order chi connectivity index (χ0) is 24.9. The number of methoxy groups -OCH3 is 2. The van der Waals surface area contributed by atoms with E-state index in [4.69, 9.17) is 22.1 Å². The zero-order valence-corrected chi connectivity index (χ0v) is 22.6. The lowest BCUT2D eigenvalue weighted by Crippen LogP contribution is -2.45. The summed E-state index contributed by atoms with van der Waals surface area (Å²) in [7, 11) is 1.46. The molecule has 0 heterocycles. The molecule has 0 saturated heterocycles. The van der Waals surface area contributed by atoms with Crippen LogP contribution in [-0.2, 0) is 17.4 Å². The normalized spacial score (nSPS) is 12.7. The Morgan fingerprint density at radius 2 is 1.03 bits per heavy atom. The molecule has 0 aliphatic heterocycles. The van der Waals surface area contributed by atoms with E-state index in [1.54, 1.807) is 14.2 Å². The van der Waals surface area contributed by atoms with Crippen LogP contribution in [0.4, 0.5) is 0 Å². The van der Waals surface area contributed by atoms with Crippen LogP contribution in [0, 0.1) is 0 Å². The summed E-state index contributed by atoms with van der Waals surface area (Å²) in [5.41, 5.74) is 2.35. The van der Waals surface area contributed by atoms with Crippen molar-refractivity contribution in [3.8, 4) is 11.5 Å². The van der Waals surface area contributed by atoms with Gasteiger partial charge in [-0.2, -0.15) is 0 Å². The quantitative estimate of drug-likeness (QED) is 0.191. The molecule has 0 aliphatic carbocycles. The largest absolute Gasteiger partial charge is 0.773 e. The Morgan fingerprint density at radius 3 is 1.34 bits per heavy atom. The molecule has 0 N–H and O–H groups in total. The minimum atomic E-state index is -1.93. The van der Waals surface area contributed by atoms with Gasteiger partial charge in [-0.1, -0.05) is 76.5 Å². The van der Waals surface area contributed by atoms with Crippen LogP contribution >= 0.6 is 7.26 Å². The van der Waals surface area contributed by atoms with Crippen LogP contribution < -0.4 is 20.1 Å². The van der Waals surface area contributed by atoms with Gasteiger partial charge in [-0.25, -0.2) is 0 Å². The van der Waals surface area contributed by atoms with Gasteiger partial charge in [0.1, 0.15) is 11.5 Å². The van der Waals surface area contributed by atoms with E-state index < -0.39 is 12.0 Å². The zero-order valence-electron chi connectivity index (χ0n) is 20.8. The van der Waals surface area contributed by atoms with Gasteiger partial charge in [0, 0.05) is 0 Å². The van der Waals surface area contributed by atoms with Gasteiger partial charge >= 0.3 is 0 Å². The third-order valence-electron chi connectivity index (χ3n) is 7.22. The number of ether oxygens (including phenoxy) is 2. The maximum atomic E-state index is 6.78. The average molecular weight is 501 g/mol. The van der Waals surface area contributed by atoms with Crippen LogP contribution in [0.1, 0.15) is 25.0 Å². The minimum Gasteiger partial charge on any atom is -0.773 e. The molecule has 0 aromatic heterocycles. The lowest BCUT2D eigenvalue weighted by Gasteiger charge is -2.51. The standard InChI is InChI=1S/C31H33O2PS/c1-5-34(29-12-8-6-9-13-29,30-14-10-7-11-15-30)24(2)31(35,25-16-20-27(32-3)21-17-25)26-18-22-28(33-4)23-19-26/h6-24H,5H2,1-4H3. The van der Waals surface area contributed by atoms with E-state index in [-0.39, 0.29) is 5.66 Å². The van der Waals surface area contributed by atoms with E-state index in [0.717, 1.165) is 28.8 Å². The predicted octanol–water partition coefficient (Wildman–Crippen LogP) is 6.57. The summed E-state index contributed by atoms with van der Waals surface area (Å²) in [5, 5.41) is 2.77. The molecule has 180 valence electrons. The molecule has 4 heteroatoms. The van der Waals surface area contributed by atoms with Gasteiger partial charge in [0.2, 0.25) is 0 Å². The molecular formula is C31H33O2PS. The van der Waals surface area contributed by atoms with Gasteiger partial charge in [0.05, 0.1) is 43.9 Å². The van der Waals surface area contributed by atoms with Crippen molar-refractivity contribution in [1.82, 2.24) is 0 Å². The van der Waals surface area contributed by atoms with Gasteiger partial charge in [0.15, 0.2) is 0 Å². The fraction of sp³-hybridized carbons (Fsp3) is 0.226. The van der Waals surface area contributed by atoms with Crippen molar-refractivity contribution in [3.63, 3.8) is 0 Å². The van der Waals surface area contributed by atoms with E-state index in [1.807, 2.05) is 24.3 Å². The first-order valence-electron chi connectivity index (χ1n) is 12.0. The van der Waals surface area contributed by atoms with E-state index in [9.17, 15) is 0 Å². The molecule has 4 aromatic rings. The van der Waals surface area contributed by atoms with E-state index in [1.165, 1.54) is 10.6 Å². The summed E-state index contributed by atoms with van der Waals surface area (Å²) in [5.74, 6) is 1.66. The summed E-state index contributed by atoms with van der Waals surface area (Å²) < 4.78 is 10.3. The summed E-state index contributed by atoms with van der Waals surface area (Å²) in [6.45, 7) is 4.68. The topological polar surface area (TPSA) is 18.5 Å². The number of hydrogen-bond acceptors (Lipinski definition) is 3. The molecule has 1 unspecified atom stereocenters. The van der Waals surface area contributed by atoms with Gasteiger partial charge < -0.3 is 22.1 Å². The van der Waals surface area contributed by atoms with Crippen LogP contribution in [0.25, 0.3) is 0 Å². The second-order valence-electron chi connectivity index (χ2n) is 8.72. The second-order valence-corrected chi connectivity index (χ2v) is 13.5. The minimum absolute atomic E-state index is 0.140. The van der Waals surface area contributed by atoms with Crippen LogP contribution in [0.3, 0.4) is 0 Å². The Morgan fingerprint density at radius 1 is 0.657 bits per heavy atom. The van der Waals surface area contributed by atoms with Crippen molar-refractivity contribution in [2.75, 3.05) is 20.4 Å². The number of rotatable bonds is 9. The fourth-order valence-corrected chi connectivity index (χ4v) is 10.9. The third kappa shape index (κ3) is 4.60. The van der Waals surface area contributed by atoms with E-state index in [0.29, 0.717) is 0 Å².